The Balaban J connectivity index is 1.95. The van der Waals surface area contributed by atoms with Crippen molar-refractivity contribution in [2.75, 3.05) is 13.1 Å². The molecule has 0 aromatic heterocycles. The van der Waals surface area contributed by atoms with E-state index in [9.17, 15) is 0 Å². The molecule has 4 heteroatoms. The van der Waals surface area contributed by atoms with E-state index < -0.39 is 8.32 Å². The second-order valence-corrected chi connectivity index (χ2v) is 11.0. The van der Waals surface area contributed by atoms with E-state index in [-0.39, 0.29) is 0 Å². The molecule has 21 heavy (non-hydrogen) atoms. The van der Waals surface area contributed by atoms with E-state index in [2.05, 4.69) is 73.0 Å². The molecule has 1 aliphatic heterocycles. The Morgan fingerprint density at radius 3 is 2.62 bits per heavy atom. The number of oxime groups is 1. The third kappa shape index (κ3) is 5.48. The molecule has 0 radical (unpaired) electrons. The van der Waals surface area contributed by atoms with Crippen molar-refractivity contribution < 1.29 is 4.53 Å². The summed E-state index contributed by atoms with van der Waals surface area (Å²) in [7, 11) is -1.59. The average molecular weight is 302 g/mol. The lowest BCUT2D eigenvalue weighted by atomic mass is 10.1. The summed E-state index contributed by atoms with van der Waals surface area (Å²) < 4.78 is 5.67. The van der Waals surface area contributed by atoms with E-state index in [0.29, 0.717) is 0 Å². The Labute approximate surface area is 129 Å². The monoisotopic (exact) mass is 302 g/mol. The van der Waals surface area contributed by atoms with Gasteiger partial charge in [-0.2, -0.15) is 0 Å². The molecule has 1 heterocycles. The number of hydrogen-bond acceptors (Lipinski definition) is 3. The maximum atomic E-state index is 5.67. The van der Waals surface area contributed by atoms with Gasteiger partial charge in [-0.25, -0.2) is 0 Å². The second-order valence-electron chi connectivity index (χ2n) is 6.59. The van der Waals surface area contributed by atoms with Gasteiger partial charge in [-0.3, -0.25) is 4.90 Å². The van der Waals surface area contributed by atoms with E-state index in [4.69, 9.17) is 4.53 Å². The van der Waals surface area contributed by atoms with Crippen LogP contribution in [-0.4, -0.2) is 32.0 Å². The third-order valence-corrected chi connectivity index (χ3v) is 4.04. The fraction of sp³-hybridized carbons (Fsp3) is 0.471. The molecular weight excluding hydrogens is 276 g/mol. The standard InChI is InChI=1S/C17H26N2OSi/c1-15(18-20-21(2,3)4)17-11-8-12-19(14-17)13-16-9-6-5-7-10-16/h5-7,9-11H,8,12-14H2,1-4H3. The summed E-state index contributed by atoms with van der Waals surface area (Å²) in [6.45, 7) is 11.6. The summed E-state index contributed by atoms with van der Waals surface area (Å²) in [6, 6.07) is 10.6. The Hall–Kier alpha value is -1.39. The van der Waals surface area contributed by atoms with E-state index in [0.717, 1.165) is 31.8 Å². The predicted molar refractivity (Wildman–Crippen MR) is 92.0 cm³/mol. The molecule has 1 aromatic carbocycles. The molecule has 0 spiro atoms. The van der Waals surface area contributed by atoms with Crippen molar-refractivity contribution in [3.8, 4) is 0 Å². The van der Waals surface area contributed by atoms with Gasteiger partial charge in [0.2, 0.25) is 0 Å². The lowest BCUT2D eigenvalue weighted by molar-refractivity contribution is 0.284. The van der Waals surface area contributed by atoms with Crippen molar-refractivity contribution in [1.82, 2.24) is 4.90 Å². The molecule has 0 N–H and O–H groups in total. The Bertz CT molecular complexity index is 517. The van der Waals surface area contributed by atoms with E-state index in [1.54, 1.807) is 0 Å². The van der Waals surface area contributed by atoms with E-state index >= 15 is 0 Å². The highest BCUT2D eigenvalue weighted by molar-refractivity contribution is 6.69. The summed E-state index contributed by atoms with van der Waals surface area (Å²) in [4.78, 5) is 2.47. The second kappa shape index (κ2) is 7.05. The molecule has 0 unspecified atom stereocenters. The van der Waals surface area contributed by atoms with Gasteiger partial charge in [0.15, 0.2) is 0 Å². The van der Waals surface area contributed by atoms with Crippen molar-refractivity contribution in [2.45, 2.75) is 39.5 Å². The summed E-state index contributed by atoms with van der Waals surface area (Å²) in [6.07, 6.45) is 3.38. The number of benzene rings is 1. The third-order valence-electron chi connectivity index (χ3n) is 3.40. The highest BCUT2D eigenvalue weighted by Gasteiger charge is 2.18. The van der Waals surface area contributed by atoms with Crippen molar-refractivity contribution in [3.63, 3.8) is 0 Å². The van der Waals surface area contributed by atoms with Gasteiger partial charge in [0.1, 0.15) is 0 Å². The minimum absolute atomic E-state index is 0.958. The largest absolute Gasteiger partial charge is 0.455 e. The Morgan fingerprint density at radius 1 is 1.24 bits per heavy atom. The summed E-state index contributed by atoms with van der Waals surface area (Å²) >= 11 is 0. The van der Waals surface area contributed by atoms with Gasteiger partial charge in [-0.15, -0.1) is 5.16 Å². The fourth-order valence-corrected chi connectivity index (χ4v) is 2.72. The predicted octanol–water partition coefficient (Wildman–Crippen LogP) is 4.05. The zero-order valence-corrected chi connectivity index (χ0v) is 14.6. The van der Waals surface area contributed by atoms with Crippen molar-refractivity contribution in [3.05, 3.63) is 47.5 Å². The van der Waals surface area contributed by atoms with Crippen LogP contribution in [0.5, 0.6) is 0 Å². The molecule has 3 nitrogen and oxygen atoms in total. The highest BCUT2D eigenvalue weighted by atomic mass is 28.4. The molecule has 114 valence electrons. The van der Waals surface area contributed by atoms with Crippen LogP contribution >= 0.6 is 0 Å². The molecule has 1 aromatic rings. The zero-order chi connectivity index (χ0) is 15.3. The Morgan fingerprint density at radius 2 is 1.95 bits per heavy atom. The first kappa shape index (κ1) is 16.0. The van der Waals surface area contributed by atoms with Crippen LogP contribution in [0.4, 0.5) is 0 Å². The van der Waals surface area contributed by atoms with Crippen molar-refractivity contribution >= 4 is 14.0 Å². The van der Waals surface area contributed by atoms with Crippen LogP contribution in [0.2, 0.25) is 19.6 Å². The summed E-state index contributed by atoms with van der Waals surface area (Å²) in [5.41, 5.74) is 3.69. The first-order valence-electron chi connectivity index (χ1n) is 7.62. The fourth-order valence-electron chi connectivity index (χ4n) is 2.31. The van der Waals surface area contributed by atoms with E-state index in [1.807, 2.05) is 0 Å². The molecule has 1 aliphatic rings. The molecule has 0 saturated carbocycles. The van der Waals surface area contributed by atoms with Crippen LogP contribution < -0.4 is 0 Å². The zero-order valence-electron chi connectivity index (χ0n) is 13.6. The smallest absolute Gasteiger partial charge is 0.278 e. The molecule has 0 saturated heterocycles. The summed E-state index contributed by atoms with van der Waals surface area (Å²) in [5, 5.41) is 4.34. The summed E-state index contributed by atoms with van der Waals surface area (Å²) in [5.74, 6) is 0. The number of hydrogen-bond donors (Lipinski definition) is 0. The number of rotatable bonds is 5. The quantitative estimate of drug-likeness (QED) is 0.466. The van der Waals surface area contributed by atoms with Gasteiger partial charge < -0.3 is 4.53 Å². The Kier molecular flexibility index (Phi) is 5.37. The van der Waals surface area contributed by atoms with Gasteiger partial charge in [0.25, 0.3) is 8.32 Å². The maximum absolute atomic E-state index is 5.67. The van der Waals surface area contributed by atoms with Crippen molar-refractivity contribution in [2.24, 2.45) is 5.16 Å². The highest BCUT2D eigenvalue weighted by Crippen LogP contribution is 2.15. The maximum Gasteiger partial charge on any atom is 0.278 e. The van der Waals surface area contributed by atoms with Crippen molar-refractivity contribution in [1.29, 1.82) is 0 Å². The molecule has 0 bridgehead atoms. The first-order valence-corrected chi connectivity index (χ1v) is 11.0. The molecular formula is C17H26N2OSi. The molecule has 0 fully saturated rings. The molecule has 0 amide bonds. The van der Waals surface area contributed by atoms with Crippen LogP contribution in [0.3, 0.4) is 0 Å². The van der Waals surface area contributed by atoms with Gasteiger partial charge >= 0.3 is 0 Å². The lowest BCUT2D eigenvalue weighted by Crippen LogP contribution is -2.31. The van der Waals surface area contributed by atoms with Crippen LogP contribution in [0.1, 0.15) is 18.9 Å². The lowest BCUT2D eigenvalue weighted by Gasteiger charge is -2.27. The van der Waals surface area contributed by atoms with Gasteiger partial charge in [0.05, 0.1) is 5.71 Å². The van der Waals surface area contributed by atoms with Gasteiger partial charge in [-0.05, 0) is 44.1 Å². The van der Waals surface area contributed by atoms with Crippen LogP contribution in [0, 0.1) is 0 Å². The normalized spacial score (nSPS) is 17.5. The first-order chi connectivity index (χ1) is 9.94. The minimum Gasteiger partial charge on any atom is -0.455 e. The molecule has 2 rings (SSSR count). The van der Waals surface area contributed by atoms with Gasteiger partial charge in [-0.1, -0.05) is 36.4 Å². The van der Waals surface area contributed by atoms with Crippen LogP contribution in [0.15, 0.2) is 47.1 Å². The van der Waals surface area contributed by atoms with Gasteiger partial charge in [0, 0.05) is 19.6 Å². The molecule has 0 atom stereocenters. The van der Waals surface area contributed by atoms with Crippen LogP contribution in [0.25, 0.3) is 0 Å². The van der Waals surface area contributed by atoms with Crippen LogP contribution in [-0.2, 0) is 11.1 Å². The molecule has 0 aliphatic carbocycles. The SMILES string of the molecule is CC(=NO[Si](C)(C)C)C1=CCCN(Cc2ccccc2)C1. The van der Waals surface area contributed by atoms with E-state index in [1.165, 1.54) is 11.1 Å². The number of nitrogens with zero attached hydrogens (tertiary/aromatic N) is 2. The minimum atomic E-state index is -1.59. The topological polar surface area (TPSA) is 24.8 Å². The average Bonchev–Trinajstić information content (AvgIpc) is 2.45.